The number of nitrogens with one attached hydrogen (secondary N) is 1. The lowest BCUT2D eigenvalue weighted by Crippen LogP contribution is -2.28. The van der Waals surface area contributed by atoms with Crippen LogP contribution in [-0.2, 0) is 19.1 Å². The summed E-state index contributed by atoms with van der Waals surface area (Å²) in [6, 6.07) is 11.6. The zero-order valence-electron chi connectivity index (χ0n) is 16.9. The van der Waals surface area contributed by atoms with E-state index in [9.17, 15) is 19.2 Å². The van der Waals surface area contributed by atoms with Crippen LogP contribution in [0, 0.1) is 12.8 Å². The van der Waals surface area contributed by atoms with E-state index in [1.807, 2.05) is 31.2 Å². The molecular formula is C22H22N2O6. The highest BCUT2D eigenvalue weighted by Crippen LogP contribution is 2.27. The van der Waals surface area contributed by atoms with Gasteiger partial charge in [-0.05, 0) is 37.3 Å². The first-order valence-corrected chi connectivity index (χ1v) is 9.32. The summed E-state index contributed by atoms with van der Waals surface area (Å²) < 4.78 is 9.39. The molecule has 1 heterocycles. The largest absolute Gasteiger partial charge is 0.465 e. The number of ether oxygens (including phenoxy) is 2. The van der Waals surface area contributed by atoms with Gasteiger partial charge >= 0.3 is 11.9 Å². The number of hydrogen-bond acceptors (Lipinski definition) is 6. The molecule has 1 aliphatic heterocycles. The van der Waals surface area contributed by atoms with Gasteiger partial charge in [-0.3, -0.25) is 9.59 Å². The third-order valence-corrected chi connectivity index (χ3v) is 4.88. The smallest absolute Gasteiger partial charge is 0.337 e. The third kappa shape index (κ3) is 4.48. The van der Waals surface area contributed by atoms with Crippen LogP contribution in [0.1, 0.15) is 32.7 Å². The van der Waals surface area contributed by atoms with Crippen LogP contribution in [0.4, 0.5) is 11.4 Å². The van der Waals surface area contributed by atoms with Crippen molar-refractivity contribution >= 4 is 35.1 Å². The molecule has 1 fully saturated rings. The highest BCUT2D eigenvalue weighted by molar-refractivity contribution is 6.04. The summed E-state index contributed by atoms with van der Waals surface area (Å²) in [5, 5.41) is 2.69. The molecule has 0 saturated carbocycles. The molecule has 1 saturated heterocycles. The lowest BCUT2D eigenvalue weighted by Gasteiger charge is -2.17. The normalized spacial score (nSPS) is 15.6. The number of hydrogen-bond donors (Lipinski definition) is 1. The molecule has 1 aliphatic rings. The van der Waals surface area contributed by atoms with E-state index >= 15 is 0 Å². The van der Waals surface area contributed by atoms with E-state index in [1.54, 1.807) is 4.90 Å². The number of carbonyl (C=O) groups is 4. The van der Waals surface area contributed by atoms with E-state index in [2.05, 4.69) is 5.32 Å². The van der Waals surface area contributed by atoms with Crippen molar-refractivity contribution in [3.05, 3.63) is 59.2 Å². The zero-order valence-corrected chi connectivity index (χ0v) is 16.9. The maximum Gasteiger partial charge on any atom is 0.337 e. The fraction of sp³-hybridized carbons (Fsp3) is 0.273. The summed E-state index contributed by atoms with van der Waals surface area (Å²) in [7, 11) is 2.43. The first-order chi connectivity index (χ1) is 14.3. The number of methoxy groups -OCH3 is 2. The van der Waals surface area contributed by atoms with Crippen molar-refractivity contribution in [2.45, 2.75) is 13.3 Å². The molecule has 0 aromatic heterocycles. The number of benzene rings is 2. The van der Waals surface area contributed by atoms with Gasteiger partial charge in [0.25, 0.3) is 0 Å². The fourth-order valence-corrected chi connectivity index (χ4v) is 3.27. The molecule has 8 nitrogen and oxygen atoms in total. The molecule has 8 heteroatoms. The van der Waals surface area contributed by atoms with Crippen LogP contribution < -0.4 is 10.2 Å². The number of anilines is 2. The summed E-state index contributed by atoms with van der Waals surface area (Å²) in [5.74, 6) is -2.40. The molecular weight excluding hydrogens is 388 g/mol. The average molecular weight is 410 g/mol. The maximum atomic E-state index is 12.8. The van der Waals surface area contributed by atoms with E-state index in [4.69, 9.17) is 9.47 Å². The first kappa shape index (κ1) is 21.0. The highest BCUT2D eigenvalue weighted by Gasteiger charge is 2.35. The Hall–Kier alpha value is -3.68. The predicted molar refractivity (Wildman–Crippen MR) is 109 cm³/mol. The lowest BCUT2D eigenvalue weighted by atomic mass is 10.1. The predicted octanol–water partition coefficient (Wildman–Crippen LogP) is 2.56. The first-order valence-electron chi connectivity index (χ1n) is 9.32. The van der Waals surface area contributed by atoms with Crippen molar-refractivity contribution < 1.29 is 28.7 Å². The second-order valence-corrected chi connectivity index (χ2v) is 7.01. The van der Waals surface area contributed by atoms with E-state index in [-0.39, 0.29) is 41.6 Å². The SMILES string of the molecule is COC(=O)c1cc(NC(=O)[C@H]2CC(=O)N(c3ccc(C)cc3)C2)cc(C(=O)OC)c1. The Kier molecular flexibility index (Phi) is 6.15. The molecule has 2 aromatic rings. The monoisotopic (exact) mass is 410 g/mol. The summed E-state index contributed by atoms with van der Waals surface area (Å²) in [6.45, 7) is 2.20. The Labute approximate surface area is 173 Å². The van der Waals surface area contributed by atoms with Crippen LogP contribution in [-0.4, -0.2) is 44.5 Å². The Bertz CT molecular complexity index is 965. The van der Waals surface area contributed by atoms with Crippen molar-refractivity contribution in [1.82, 2.24) is 0 Å². The third-order valence-electron chi connectivity index (χ3n) is 4.88. The van der Waals surface area contributed by atoms with Crippen LogP contribution in [0.2, 0.25) is 0 Å². The second-order valence-electron chi connectivity index (χ2n) is 7.01. The van der Waals surface area contributed by atoms with E-state index in [1.165, 1.54) is 32.4 Å². The quantitative estimate of drug-likeness (QED) is 0.760. The number of amides is 2. The van der Waals surface area contributed by atoms with E-state index < -0.39 is 17.9 Å². The highest BCUT2D eigenvalue weighted by atomic mass is 16.5. The van der Waals surface area contributed by atoms with Gasteiger partial charge in [-0.1, -0.05) is 17.7 Å². The van der Waals surface area contributed by atoms with Gasteiger partial charge in [-0.25, -0.2) is 9.59 Å². The van der Waals surface area contributed by atoms with E-state index in [0.717, 1.165) is 11.3 Å². The summed E-state index contributed by atoms with van der Waals surface area (Å²) >= 11 is 0. The minimum absolute atomic E-state index is 0.0697. The molecule has 1 atom stereocenters. The van der Waals surface area contributed by atoms with Gasteiger partial charge in [-0.2, -0.15) is 0 Å². The molecule has 0 unspecified atom stereocenters. The molecule has 156 valence electrons. The maximum absolute atomic E-state index is 12.8. The Morgan fingerprint density at radius 2 is 1.53 bits per heavy atom. The van der Waals surface area contributed by atoms with Crippen molar-refractivity contribution in [3.63, 3.8) is 0 Å². The van der Waals surface area contributed by atoms with Crippen LogP contribution >= 0.6 is 0 Å². The van der Waals surface area contributed by atoms with Crippen LogP contribution in [0.25, 0.3) is 0 Å². The minimum atomic E-state index is -0.655. The number of aryl methyl sites for hydroxylation is 1. The molecule has 0 bridgehead atoms. The van der Waals surface area contributed by atoms with Gasteiger partial charge in [0, 0.05) is 24.3 Å². The zero-order chi connectivity index (χ0) is 21.8. The van der Waals surface area contributed by atoms with Gasteiger partial charge in [0.2, 0.25) is 11.8 Å². The van der Waals surface area contributed by atoms with Crippen molar-refractivity contribution in [2.75, 3.05) is 31.0 Å². The van der Waals surface area contributed by atoms with Crippen molar-refractivity contribution in [1.29, 1.82) is 0 Å². The molecule has 0 radical (unpaired) electrons. The minimum Gasteiger partial charge on any atom is -0.465 e. The van der Waals surface area contributed by atoms with Crippen molar-refractivity contribution in [3.8, 4) is 0 Å². The fourth-order valence-electron chi connectivity index (χ4n) is 3.27. The van der Waals surface area contributed by atoms with Crippen molar-refractivity contribution in [2.24, 2.45) is 5.92 Å². The molecule has 0 spiro atoms. The van der Waals surface area contributed by atoms with Crippen LogP contribution in [0.5, 0.6) is 0 Å². The Morgan fingerprint density at radius 1 is 0.967 bits per heavy atom. The number of rotatable bonds is 5. The molecule has 3 rings (SSSR count). The Morgan fingerprint density at radius 3 is 2.07 bits per heavy atom. The van der Waals surface area contributed by atoms with Gasteiger partial charge in [0.05, 0.1) is 31.3 Å². The number of carbonyl (C=O) groups excluding carboxylic acids is 4. The van der Waals surface area contributed by atoms with E-state index in [0.29, 0.717) is 0 Å². The molecule has 2 amide bonds. The standard InChI is InChI=1S/C22H22N2O6/c1-13-4-6-18(7-5-13)24-12-16(11-19(24)25)20(26)23-17-9-14(21(27)29-2)8-15(10-17)22(28)30-3/h4-10,16H,11-12H2,1-3H3,(H,23,26)/t16-/m0/s1. The van der Waals surface area contributed by atoms with Crippen LogP contribution in [0.15, 0.2) is 42.5 Å². The van der Waals surface area contributed by atoms with Gasteiger partial charge in [-0.15, -0.1) is 0 Å². The van der Waals surface area contributed by atoms with Gasteiger partial charge in [0.15, 0.2) is 0 Å². The molecule has 0 aliphatic carbocycles. The topological polar surface area (TPSA) is 102 Å². The van der Waals surface area contributed by atoms with Gasteiger partial charge < -0.3 is 19.7 Å². The molecule has 2 aromatic carbocycles. The Balaban J connectivity index is 1.78. The lowest BCUT2D eigenvalue weighted by molar-refractivity contribution is -0.122. The summed E-state index contributed by atoms with van der Waals surface area (Å²) in [6.07, 6.45) is 0.0697. The second kappa shape index (κ2) is 8.77. The molecule has 1 N–H and O–H groups in total. The number of esters is 2. The summed E-state index contributed by atoms with van der Waals surface area (Å²) in [4.78, 5) is 50.6. The van der Waals surface area contributed by atoms with Crippen LogP contribution in [0.3, 0.4) is 0 Å². The average Bonchev–Trinajstić information content (AvgIpc) is 3.14. The molecule has 30 heavy (non-hydrogen) atoms. The van der Waals surface area contributed by atoms with Gasteiger partial charge in [0.1, 0.15) is 0 Å². The number of nitrogens with zero attached hydrogens (tertiary/aromatic N) is 1. The summed E-state index contributed by atoms with van der Waals surface area (Å²) in [5.41, 5.74) is 2.25.